The molecule has 0 bridgehead atoms. The van der Waals surface area contributed by atoms with E-state index >= 15 is 0 Å². The number of hydrogen-bond acceptors (Lipinski definition) is 6. The molecule has 0 spiro atoms. The molecule has 5 N–H and O–H groups in total. The lowest BCUT2D eigenvalue weighted by atomic mass is 10.2. The molecule has 3 atom stereocenters. The number of allylic oxidation sites excluding steroid dienone is 1. The highest BCUT2D eigenvalue weighted by atomic mass is 16.2. The Hall–Kier alpha value is -2.48. The first-order valence-corrected chi connectivity index (χ1v) is 6.73. The van der Waals surface area contributed by atoms with E-state index in [0.717, 1.165) is 6.42 Å². The van der Waals surface area contributed by atoms with E-state index < -0.39 is 6.04 Å². The van der Waals surface area contributed by atoms with E-state index in [0.29, 0.717) is 17.0 Å². The van der Waals surface area contributed by atoms with E-state index in [2.05, 4.69) is 20.3 Å². The van der Waals surface area contributed by atoms with Crippen molar-refractivity contribution < 1.29 is 4.79 Å². The molecule has 0 radical (unpaired) electrons. The van der Waals surface area contributed by atoms with Crippen LogP contribution in [0, 0.1) is 0 Å². The molecule has 0 unspecified atom stereocenters. The molecule has 0 saturated carbocycles. The number of carbonyl (C=O) groups excluding carboxylic acids is 1. The van der Waals surface area contributed by atoms with Crippen molar-refractivity contribution in [3.8, 4) is 0 Å². The predicted octanol–water partition coefficient (Wildman–Crippen LogP) is -0.258. The van der Waals surface area contributed by atoms with Crippen LogP contribution < -0.4 is 16.8 Å². The summed E-state index contributed by atoms with van der Waals surface area (Å²) in [6.07, 6.45) is 7.82. The van der Waals surface area contributed by atoms with Crippen LogP contribution >= 0.6 is 0 Å². The van der Waals surface area contributed by atoms with Gasteiger partial charge in [-0.05, 0) is 13.3 Å². The minimum absolute atomic E-state index is 0.0369. The van der Waals surface area contributed by atoms with Gasteiger partial charge in [-0.15, -0.1) is 0 Å². The van der Waals surface area contributed by atoms with E-state index in [1.54, 1.807) is 13.3 Å². The highest BCUT2D eigenvalue weighted by Crippen LogP contribution is 2.27. The van der Waals surface area contributed by atoms with Gasteiger partial charge in [0, 0.05) is 6.04 Å². The second kappa shape index (κ2) is 5.13. The molecular formula is C13H17N7O. The zero-order valence-corrected chi connectivity index (χ0v) is 11.6. The van der Waals surface area contributed by atoms with Gasteiger partial charge >= 0.3 is 0 Å². The van der Waals surface area contributed by atoms with E-state index in [4.69, 9.17) is 11.5 Å². The number of anilines is 1. The fourth-order valence-electron chi connectivity index (χ4n) is 2.42. The zero-order chi connectivity index (χ0) is 15.0. The summed E-state index contributed by atoms with van der Waals surface area (Å²) in [6.45, 7) is 1.66. The Balaban J connectivity index is 1.78. The molecule has 0 fully saturated rings. The molecular weight excluding hydrogens is 270 g/mol. The van der Waals surface area contributed by atoms with Crippen molar-refractivity contribution in [2.24, 2.45) is 5.73 Å². The van der Waals surface area contributed by atoms with Gasteiger partial charge < -0.3 is 21.4 Å². The van der Waals surface area contributed by atoms with Gasteiger partial charge in [0.1, 0.15) is 11.8 Å². The molecule has 2 heterocycles. The van der Waals surface area contributed by atoms with Crippen LogP contribution in [0.25, 0.3) is 11.2 Å². The molecule has 21 heavy (non-hydrogen) atoms. The van der Waals surface area contributed by atoms with Crippen LogP contribution in [0.4, 0.5) is 5.82 Å². The molecule has 8 heteroatoms. The highest BCUT2D eigenvalue weighted by molar-refractivity contribution is 5.82. The molecule has 2 aromatic rings. The number of hydrogen-bond donors (Lipinski definition) is 3. The number of aromatic nitrogens is 4. The molecule has 0 saturated heterocycles. The minimum atomic E-state index is -0.515. The van der Waals surface area contributed by atoms with E-state index in [1.165, 1.54) is 6.33 Å². The van der Waals surface area contributed by atoms with Gasteiger partial charge in [-0.1, -0.05) is 12.2 Å². The third-order valence-corrected chi connectivity index (χ3v) is 3.55. The summed E-state index contributed by atoms with van der Waals surface area (Å²) < 4.78 is 1.93. The normalized spacial score (nSPS) is 22.6. The number of rotatable bonds is 3. The van der Waals surface area contributed by atoms with Crippen molar-refractivity contribution in [3.05, 3.63) is 24.8 Å². The van der Waals surface area contributed by atoms with Gasteiger partial charge in [-0.2, -0.15) is 0 Å². The Labute approximate surface area is 121 Å². The van der Waals surface area contributed by atoms with Gasteiger partial charge in [0.2, 0.25) is 5.91 Å². The van der Waals surface area contributed by atoms with Crippen LogP contribution in [-0.4, -0.2) is 37.5 Å². The Morgan fingerprint density at radius 2 is 2.24 bits per heavy atom. The quantitative estimate of drug-likeness (QED) is 0.668. The highest BCUT2D eigenvalue weighted by Gasteiger charge is 2.24. The van der Waals surface area contributed by atoms with Gasteiger partial charge in [0.25, 0.3) is 0 Å². The number of nitrogens with one attached hydrogen (secondary N) is 1. The number of amides is 1. The molecule has 1 aliphatic rings. The first kappa shape index (κ1) is 13.5. The molecule has 3 rings (SSSR count). The first-order chi connectivity index (χ1) is 10.1. The lowest BCUT2D eigenvalue weighted by molar-refractivity contribution is -0.122. The summed E-state index contributed by atoms with van der Waals surface area (Å²) in [5.41, 5.74) is 12.6. The van der Waals surface area contributed by atoms with Gasteiger partial charge in [0.05, 0.1) is 18.4 Å². The molecule has 0 aliphatic heterocycles. The molecule has 1 amide bonds. The second-order valence-corrected chi connectivity index (χ2v) is 5.17. The summed E-state index contributed by atoms with van der Waals surface area (Å²) >= 11 is 0. The van der Waals surface area contributed by atoms with Gasteiger partial charge in [-0.3, -0.25) is 4.79 Å². The standard InChI is InChI=1S/C13H17N7O/c1-7(14)13(21)19-8-2-3-9(4-8)20-6-18-10-11(15)16-5-17-12(10)20/h2-3,5-9H,4,14H2,1H3,(H,19,21)(H2,15,16,17)/t7-,8+,9-/m0/s1. The molecule has 0 aromatic carbocycles. The third kappa shape index (κ3) is 2.45. The van der Waals surface area contributed by atoms with Crippen LogP contribution in [0.2, 0.25) is 0 Å². The van der Waals surface area contributed by atoms with E-state index in [-0.39, 0.29) is 18.0 Å². The average Bonchev–Trinajstić information content (AvgIpc) is 3.05. The largest absolute Gasteiger partial charge is 0.382 e. The smallest absolute Gasteiger partial charge is 0.237 e. The van der Waals surface area contributed by atoms with Crippen LogP contribution in [0.1, 0.15) is 19.4 Å². The monoisotopic (exact) mass is 287 g/mol. The number of nitrogen functional groups attached to an aromatic ring is 1. The van der Waals surface area contributed by atoms with Crippen molar-refractivity contribution in [1.82, 2.24) is 24.8 Å². The molecule has 1 aliphatic carbocycles. The summed E-state index contributed by atoms with van der Waals surface area (Å²) in [4.78, 5) is 24.0. The maximum Gasteiger partial charge on any atom is 0.237 e. The van der Waals surface area contributed by atoms with Crippen LogP contribution in [0.3, 0.4) is 0 Å². The maximum atomic E-state index is 11.6. The average molecular weight is 287 g/mol. The number of imidazole rings is 1. The number of carbonyl (C=O) groups is 1. The van der Waals surface area contributed by atoms with E-state index in [9.17, 15) is 4.79 Å². The van der Waals surface area contributed by atoms with Crippen molar-refractivity contribution in [3.63, 3.8) is 0 Å². The Morgan fingerprint density at radius 1 is 1.43 bits per heavy atom. The molecule has 8 nitrogen and oxygen atoms in total. The van der Waals surface area contributed by atoms with Crippen LogP contribution in [-0.2, 0) is 4.79 Å². The first-order valence-electron chi connectivity index (χ1n) is 6.73. The lowest BCUT2D eigenvalue weighted by Gasteiger charge is -2.16. The summed E-state index contributed by atoms with van der Waals surface area (Å²) in [5, 5.41) is 2.89. The van der Waals surface area contributed by atoms with Gasteiger partial charge in [0.15, 0.2) is 11.5 Å². The number of nitrogens with zero attached hydrogens (tertiary/aromatic N) is 4. The van der Waals surface area contributed by atoms with Crippen molar-refractivity contribution >= 4 is 22.9 Å². The van der Waals surface area contributed by atoms with Crippen molar-refractivity contribution in [2.45, 2.75) is 31.5 Å². The fraction of sp³-hybridized carbons (Fsp3) is 0.385. The van der Waals surface area contributed by atoms with Crippen LogP contribution in [0.5, 0.6) is 0 Å². The molecule has 110 valence electrons. The van der Waals surface area contributed by atoms with Crippen molar-refractivity contribution in [1.29, 1.82) is 0 Å². The second-order valence-electron chi connectivity index (χ2n) is 5.17. The van der Waals surface area contributed by atoms with Crippen LogP contribution in [0.15, 0.2) is 24.8 Å². The topological polar surface area (TPSA) is 125 Å². The minimum Gasteiger partial charge on any atom is -0.382 e. The number of nitrogens with two attached hydrogens (primary N) is 2. The number of fused-ring (bicyclic) bond motifs is 1. The fourth-order valence-corrected chi connectivity index (χ4v) is 2.42. The third-order valence-electron chi connectivity index (χ3n) is 3.55. The zero-order valence-electron chi connectivity index (χ0n) is 11.6. The Morgan fingerprint density at radius 3 is 3.00 bits per heavy atom. The SMILES string of the molecule is C[C@H](N)C(=O)N[C@@H]1C=C[C@H](n2cnc3c(N)ncnc32)C1. The van der Waals surface area contributed by atoms with Crippen molar-refractivity contribution in [2.75, 3.05) is 5.73 Å². The Bertz CT molecular complexity index is 706. The van der Waals surface area contributed by atoms with Gasteiger partial charge in [-0.25, -0.2) is 15.0 Å². The summed E-state index contributed by atoms with van der Waals surface area (Å²) in [6, 6.07) is -0.480. The predicted molar refractivity (Wildman–Crippen MR) is 78.1 cm³/mol. The van der Waals surface area contributed by atoms with E-state index in [1.807, 2.05) is 16.7 Å². The Kier molecular flexibility index (Phi) is 3.30. The summed E-state index contributed by atoms with van der Waals surface area (Å²) in [5.74, 6) is 0.204. The molecule has 2 aromatic heterocycles. The maximum absolute atomic E-state index is 11.6. The summed E-state index contributed by atoms with van der Waals surface area (Å²) in [7, 11) is 0. The lowest BCUT2D eigenvalue weighted by Crippen LogP contribution is -2.42.